The molecular weight excluding hydrogens is 226 g/mol. The van der Waals surface area contributed by atoms with Gasteiger partial charge in [0.1, 0.15) is 5.82 Å². The van der Waals surface area contributed by atoms with E-state index < -0.39 is 0 Å². The van der Waals surface area contributed by atoms with Gasteiger partial charge in [-0.1, -0.05) is 0 Å². The molecule has 2 rings (SSSR count). The van der Waals surface area contributed by atoms with Crippen molar-refractivity contribution >= 4 is 0 Å². The molecule has 5 nitrogen and oxygen atoms in total. The first-order valence-corrected chi connectivity index (χ1v) is 6.38. The molecule has 0 spiro atoms. The average molecular weight is 247 g/mol. The summed E-state index contributed by atoms with van der Waals surface area (Å²) in [5, 5.41) is 10.5. The predicted molar refractivity (Wildman–Crippen MR) is 71.3 cm³/mol. The first-order chi connectivity index (χ1) is 8.68. The molecule has 0 aliphatic heterocycles. The van der Waals surface area contributed by atoms with Gasteiger partial charge in [0.25, 0.3) is 0 Å². The maximum atomic E-state index is 4.34. The largest absolute Gasteiger partial charge is 0.337 e. The minimum atomic E-state index is 0.287. The van der Waals surface area contributed by atoms with Crippen molar-refractivity contribution in [3.05, 3.63) is 35.7 Å². The van der Waals surface area contributed by atoms with Gasteiger partial charge in [0.05, 0.1) is 12.2 Å². The fraction of sp³-hybridized carbons (Fsp3) is 0.538. The minimum Gasteiger partial charge on any atom is -0.337 e. The maximum Gasteiger partial charge on any atom is 0.125 e. The predicted octanol–water partition coefficient (Wildman–Crippen LogP) is 1.74. The standard InChI is InChI=1S/C13H21N5/c1-10-12(9-16-17-10)5-4-6-14-11(2)13-15-7-8-18(13)3/h7-9,11,14H,4-6H2,1-3H3,(H,16,17). The van der Waals surface area contributed by atoms with Crippen molar-refractivity contribution in [2.75, 3.05) is 6.54 Å². The number of H-pyrrole nitrogens is 1. The highest BCUT2D eigenvalue weighted by Gasteiger charge is 2.08. The summed E-state index contributed by atoms with van der Waals surface area (Å²) in [5.41, 5.74) is 2.48. The van der Waals surface area contributed by atoms with E-state index in [-0.39, 0.29) is 6.04 Å². The van der Waals surface area contributed by atoms with Gasteiger partial charge < -0.3 is 9.88 Å². The van der Waals surface area contributed by atoms with E-state index in [0.717, 1.165) is 25.2 Å². The average Bonchev–Trinajstić information content (AvgIpc) is 2.94. The first kappa shape index (κ1) is 12.8. The normalized spacial score (nSPS) is 12.8. The van der Waals surface area contributed by atoms with Crippen LogP contribution in [0.1, 0.15) is 36.5 Å². The van der Waals surface area contributed by atoms with E-state index in [9.17, 15) is 0 Å². The Labute approximate surface area is 108 Å². The van der Waals surface area contributed by atoms with Crippen molar-refractivity contribution in [3.8, 4) is 0 Å². The van der Waals surface area contributed by atoms with Crippen molar-refractivity contribution in [1.29, 1.82) is 0 Å². The Morgan fingerprint density at radius 1 is 1.50 bits per heavy atom. The van der Waals surface area contributed by atoms with Gasteiger partial charge in [-0.2, -0.15) is 5.10 Å². The SMILES string of the molecule is Cc1[nH]ncc1CCCNC(C)c1nccn1C. The van der Waals surface area contributed by atoms with Crippen LogP contribution in [0, 0.1) is 6.92 Å². The lowest BCUT2D eigenvalue weighted by Crippen LogP contribution is -2.22. The molecule has 0 amide bonds. The molecule has 0 bridgehead atoms. The highest BCUT2D eigenvalue weighted by Crippen LogP contribution is 2.09. The molecule has 18 heavy (non-hydrogen) atoms. The smallest absolute Gasteiger partial charge is 0.125 e. The van der Waals surface area contributed by atoms with E-state index >= 15 is 0 Å². The van der Waals surface area contributed by atoms with Gasteiger partial charge in [0.2, 0.25) is 0 Å². The zero-order valence-corrected chi connectivity index (χ0v) is 11.3. The van der Waals surface area contributed by atoms with E-state index in [1.54, 1.807) is 0 Å². The molecule has 98 valence electrons. The van der Waals surface area contributed by atoms with Crippen LogP contribution in [-0.4, -0.2) is 26.3 Å². The van der Waals surface area contributed by atoms with Crippen LogP contribution < -0.4 is 5.32 Å². The molecule has 0 saturated carbocycles. The molecule has 2 N–H and O–H groups in total. The van der Waals surface area contributed by atoms with Crippen LogP contribution in [-0.2, 0) is 13.5 Å². The fourth-order valence-electron chi connectivity index (χ4n) is 2.11. The third-order valence-electron chi connectivity index (χ3n) is 3.25. The van der Waals surface area contributed by atoms with Crippen molar-refractivity contribution in [3.63, 3.8) is 0 Å². The third-order valence-corrected chi connectivity index (χ3v) is 3.25. The summed E-state index contributed by atoms with van der Waals surface area (Å²) in [5.74, 6) is 1.08. The number of nitrogens with one attached hydrogen (secondary N) is 2. The molecule has 0 radical (unpaired) electrons. The van der Waals surface area contributed by atoms with Gasteiger partial charge >= 0.3 is 0 Å². The number of hydrogen-bond acceptors (Lipinski definition) is 3. The number of aromatic nitrogens is 4. The van der Waals surface area contributed by atoms with E-state index in [1.807, 2.05) is 25.6 Å². The van der Waals surface area contributed by atoms with E-state index in [4.69, 9.17) is 0 Å². The van der Waals surface area contributed by atoms with Crippen LogP contribution in [0.15, 0.2) is 18.6 Å². The topological polar surface area (TPSA) is 58.5 Å². The van der Waals surface area contributed by atoms with E-state index in [0.29, 0.717) is 0 Å². The molecule has 1 atom stereocenters. The molecule has 0 saturated heterocycles. The minimum absolute atomic E-state index is 0.287. The lowest BCUT2D eigenvalue weighted by atomic mass is 10.1. The summed E-state index contributed by atoms with van der Waals surface area (Å²) >= 11 is 0. The summed E-state index contributed by atoms with van der Waals surface area (Å²) in [4.78, 5) is 4.34. The molecule has 2 aromatic heterocycles. The molecule has 0 fully saturated rings. The van der Waals surface area contributed by atoms with Gasteiger partial charge in [0.15, 0.2) is 0 Å². The Balaban J connectivity index is 1.73. The Kier molecular flexibility index (Phi) is 4.15. The molecule has 2 aromatic rings. The van der Waals surface area contributed by atoms with Gasteiger partial charge in [-0.15, -0.1) is 0 Å². The molecular formula is C13H21N5. The van der Waals surface area contributed by atoms with Crippen LogP contribution in [0.4, 0.5) is 0 Å². The van der Waals surface area contributed by atoms with Gasteiger partial charge in [0, 0.05) is 25.1 Å². The van der Waals surface area contributed by atoms with Crippen molar-refractivity contribution < 1.29 is 0 Å². The maximum absolute atomic E-state index is 4.34. The summed E-state index contributed by atoms with van der Waals surface area (Å²) in [7, 11) is 2.02. The summed E-state index contributed by atoms with van der Waals surface area (Å²) < 4.78 is 2.05. The first-order valence-electron chi connectivity index (χ1n) is 6.38. The van der Waals surface area contributed by atoms with Crippen LogP contribution in [0.2, 0.25) is 0 Å². The van der Waals surface area contributed by atoms with Gasteiger partial charge in [-0.25, -0.2) is 4.98 Å². The highest BCUT2D eigenvalue weighted by atomic mass is 15.1. The fourth-order valence-corrected chi connectivity index (χ4v) is 2.11. The molecule has 1 unspecified atom stereocenters. The van der Waals surface area contributed by atoms with Crippen LogP contribution in [0.5, 0.6) is 0 Å². The third kappa shape index (κ3) is 2.98. The Morgan fingerprint density at radius 3 is 2.94 bits per heavy atom. The van der Waals surface area contributed by atoms with Gasteiger partial charge in [-0.3, -0.25) is 5.10 Å². The lowest BCUT2D eigenvalue weighted by molar-refractivity contribution is 0.520. The van der Waals surface area contributed by atoms with Crippen molar-refractivity contribution in [2.45, 2.75) is 32.7 Å². The van der Waals surface area contributed by atoms with Crippen LogP contribution in [0.3, 0.4) is 0 Å². The lowest BCUT2D eigenvalue weighted by Gasteiger charge is -2.13. The van der Waals surface area contributed by atoms with Crippen LogP contribution in [0.25, 0.3) is 0 Å². The van der Waals surface area contributed by atoms with Crippen molar-refractivity contribution in [1.82, 2.24) is 25.1 Å². The van der Waals surface area contributed by atoms with Gasteiger partial charge in [-0.05, 0) is 38.8 Å². The summed E-state index contributed by atoms with van der Waals surface area (Å²) in [6.45, 7) is 5.19. The number of nitrogens with zero attached hydrogens (tertiary/aromatic N) is 3. The Hall–Kier alpha value is -1.62. The second-order valence-electron chi connectivity index (χ2n) is 4.70. The van der Waals surface area contributed by atoms with E-state index in [1.165, 1.54) is 11.3 Å². The second-order valence-corrected chi connectivity index (χ2v) is 4.70. The highest BCUT2D eigenvalue weighted by molar-refractivity contribution is 5.14. The Bertz CT molecular complexity index is 485. The molecule has 0 aromatic carbocycles. The van der Waals surface area contributed by atoms with Crippen molar-refractivity contribution in [2.24, 2.45) is 7.05 Å². The number of aromatic amines is 1. The molecule has 2 heterocycles. The second kappa shape index (κ2) is 5.82. The molecule has 0 aliphatic carbocycles. The number of rotatable bonds is 6. The van der Waals surface area contributed by atoms with E-state index in [2.05, 4.69) is 38.9 Å². The zero-order valence-electron chi connectivity index (χ0n) is 11.3. The molecule has 5 heteroatoms. The number of imidazole rings is 1. The summed E-state index contributed by atoms with van der Waals surface area (Å²) in [6.07, 6.45) is 7.89. The zero-order chi connectivity index (χ0) is 13.0. The monoisotopic (exact) mass is 247 g/mol. The van der Waals surface area contributed by atoms with Crippen LogP contribution >= 0.6 is 0 Å². The molecule has 0 aliphatic rings. The number of hydrogen-bond donors (Lipinski definition) is 2. The quantitative estimate of drug-likeness (QED) is 0.764. The Morgan fingerprint density at radius 2 is 2.33 bits per heavy atom. The summed E-state index contributed by atoms with van der Waals surface area (Å²) in [6, 6.07) is 0.287. The number of aryl methyl sites for hydroxylation is 3.